The topological polar surface area (TPSA) is 9.23 Å². The molecule has 1 nitrogen and oxygen atoms in total. The van der Waals surface area contributed by atoms with Gasteiger partial charge in [-0.25, -0.2) is 0 Å². The number of hydrogen-bond donors (Lipinski definition) is 0. The Morgan fingerprint density at radius 1 is 1.31 bits per heavy atom. The average Bonchev–Trinajstić information content (AvgIpc) is 2.05. The van der Waals surface area contributed by atoms with Crippen molar-refractivity contribution in [2.75, 3.05) is 13.7 Å². The van der Waals surface area contributed by atoms with E-state index in [-0.39, 0.29) is 0 Å². The fourth-order valence-corrected chi connectivity index (χ4v) is 0.864. The molecule has 0 bridgehead atoms. The van der Waals surface area contributed by atoms with Crippen molar-refractivity contribution < 1.29 is 4.74 Å². The lowest BCUT2D eigenvalue weighted by atomic mass is 10.1. The van der Waals surface area contributed by atoms with E-state index in [9.17, 15) is 0 Å². The summed E-state index contributed by atoms with van der Waals surface area (Å²) in [6.45, 7) is 13.3. The molecule has 0 aliphatic rings. The first-order valence-corrected chi connectivity index (χ1v) is 5.23. The van der Waals surface area contributed by atoms with Gasteiger partial charge in [0, 0.05) is 13.7 Å². The van der Waals surface area contributed by atoms with Gasteiger partial charge in [-0.3, -0.25) is 0 Å². The lowest BCUT2D eigenvalue weighted by molar-refractivity contribution is 0.167. The Kier molecular flexibility index (Phi) is 13.7. The molecule has 0 N–H and O–H groups in total. The number of allylic oxidation sites excluding steroid dienone is 1. The molecule has 0 aliphatic heterocycles. The summed E-state index contributed by atoms with van der Waals surface area (Å²) in [4.78, 5) is 0. The summed E-state index contributed by atoms with van der Waals surface area (Å²) in [5.74, 6) is 0.676. The number of hydrogen-bond acceptors (Lipinski definition) is 1. The van der Waals surface area contributed by atoms with Crippen LogP contribution >= 0.6 is 0 Å². The predicted molar refractivity (Wildman–Crippen MR) is 61.1 cm³/mol. The monoisotopic (exact) mass is 186 g/mol. The van der Waals surface area contributed by atoms with Gasteiger partial charge in [0.05, 0.1) is 0 Å². The minimum absolute atomic E-state index is 0.676. The molecular formula is C12H26O. The predicted octanol–water partition coefficient (Wildman–Crippen LogP) is 4.04. The van der Waals surface area contributed by atoms with Crippen LogP contribution in [0, 0.1) is 5.92 Å². The molecule has 0 fully saturated rings. The highest BCUT2D eigenvalue weighted by molar-refractivity contribution is 4.91. The van der Waals surface area contributed by atoms with Gasteiger partial charge < -0.3 is 4.74 Å². The zero-order valence-electron chi connectivity index (χ0n) is 10.0. The van der Waals surface area contributed by atoms with Crippen LogP contribution in [0.5, 0.6) is 0 Å². The van der Waals surface area contributed by atoms with Crippen molar-refractivity contribution in [1.29, 1.82) is 0 Å². The molecule has 0 radical (unpaired) electrons. The fraction of sp³-hybridized carbons (Fsp3) is 0.833. The normalized spacial score (nSPS) is 9.38. The van der Waals surface area contributed by atoms with Crippen LogP contribution in [0.25, 0.3) is 0 Å². The van der Waals surface area contributed by atoms with Crippen LogP contribution in [0.4, 0.5) is 0 Å². The minimum Gasteiger partial charge on any atom is -0.384 e. The highest BCUT2D eigenvalue weighted by Gasteiger charge is 1.85. The summed E-state index contributed by atoms with van der Waals surface area (Å²) in [6.07, 6.45) is 3.59. The lowest BCUT2D eigenvalue weighted by Gasteiger charge is -1.97. The molecule has 0 aliphatic carbocycles. The van der Waals surface area contributed by atoms with Crippen LogP contribution in [0.2, 0.25) is 0 Å². The molecule has 0 rings (SSSR count). The molecule has 0 saturated heterocycles. The van der Waals surface area contributed by atoms with Gasteiger partial charge in [0.25, 0.3) is 0 Å². The third-order valence-corrected chi connectivity index (χ3v) is 1.60. The van der Waals surface area contributed by atoms with Gasteiger partial charge in [0.1, 0.15) is 0 Å². The Hall–Kier alpha value is -0.300. The van der Waals surface area contributed by atoms with Crippen molar-refractivity contribution in [2.45, 2.75) is 47.0 Å². The molecule has 0 spiro atoms. The smallest absolute Gasteiger partial charge is 0.0485 e. The summed E-state index contributed by atoms with van der Waals surface area (Å²) in [5, 5.41) is 0. The van der Waals surface area contributed by atoms with E-state index < -0.39 is 0 Å². The van der Waals surface area contributed by atoms with E-state index in [1.165, 1.54) is 18.4 Å². The second kappa shape index (κ2) is 11.7. The van der Waals surface area contributed by atoms with E-state index in [1.807, 2.05) is 0 Å². The van der Waals surface area contributed by atoms with E-state index in [2.05, 4.69) is 34.3 Å². The van der Waals surface area contributed by atoms with Gasteiger partial charge >= 0.3 is 0 Å². The first-order valence-electron chi connectivity index (χ1n) is 5.23. The van der Waals surface area contributed by atoms with Gasteiger partial charge in [-0.05, 0) is 18.8 Å². The maximum Gasteiger partial charge on any atom is 0.0485 e. The van der Waals surface area contributed by atoms with Crippen molar-refractivity contribution >= 4 is 0 Å². The van der Waals surface area contributed by atoms with Gasteiger partial charge in [-0.15, -0.1) is 0 Å². The molecule has 0 amide bonds. The van der Waals surface area contributed by atoms with Crippen LogP contribution in [0.3, 0.4) is 0 Å². The maximum atomic E-state index is 4.80. The maximum absolute atomic E-state index is 4.80. The van der Waals surface area contributed by atoms with Crippen LogP contribution in [0.15, 0.2) is 12.2 Å². The number of methoxy groups -OCH3 is 1. The van der Waals surface area contributed by atoms with E-state index in [1.54, 1.807) is 7.11 Å². The summed E-state index contributed by atoms with van der Waals surface area (Å²) in [5.41, 5.74) is 1.38. The van der Waals surface area contributed by atoms with Crippen LogP contribution in [0.1, 0.15) is 47.0 Å². The Labute approximate surface area is 84.2 Å². The van der Waals surface area contributed by atoms with Gasteiger partial charge in [0.15, 0.2) is 0 Å². The summed E-state index contributed by atoms with van der Waals surface area (Å²) < 4.78 is 4.80. The highest BCUT2D eigenvalue weighted by atomic mass is 16.5. The second-order valence-corrected chi connectivity index (χ2v) is 3.70. The zero-order valence-corrected chi connectivity index (χ0v) is 10.0. The molecule has 0 saturated carbocycles. The molecule has 0 atom stereocenters. The fourth-order valence-electron chi connectivity index (χ4n) is 0.864. The molecule has 0 unspecified atom stereocenters. The van der Waals surface area contributed by atoms with Crippen molar-refractivity contribution in [1.82, 2.24) is 0 Å². The molecule has 0 aromatic heterocycles. The Morgan fingerprint density at radius 2 is 1.85 bits per heavy atom. The summed E-state index contributed by atoms with van der Waals surface area (Å²) in [6, 6.07) is 0. The van der Waals surface area contributed by atoms with Crippen molar-refractivity contribution in [3.63, 3.8) is 0 Å². The zero-order chi connectivity index (χ0) is 10.7. The van der Waals surface area contributed by atoms with Crippen molar-refractivity contribution in [3.8, 4) is 0 Å². The molecule has 0 heterocycles. The minimum atomic E-state index is 0.676. The molecule has 0 aromatic carbocycles. The molecular weight excluding hydrogens is 160 g/mol. The van der Waals surface area contributed by atoms with Gasteiger partial charge in [-0.2, -0.15) is 0 Å². The first-order chi connectivity index (χ1) is 6.08. The third kappa shape index (κ3) is 18.6. The van der Waals surface area contributed by atoms with Gasteiger partial charge in [0.2, 0.25) is 0 Å². The molecule has 13 heavy (non-hydrogen) atoms. The Morgan fingerprint density at radius 3 is 1.92 bits per heavy atom. The lowest BCUT2D eigenvalue weighted by Crippen LogP contribution is -1.96. The standard InChI is InChI=1S/C7H14.C5H12O/c1-4-6-7(3)5-2;1-5(2)4-6-3/h3-6H2,1-2H3;5H,4H2,1-3H3. The summed E-state index contributed by atoms with van der Waals surface area (Å²) in [7, 11) is 1.72. The Balaban J connectivity index is 0. The summed E-state index contributed by atoms with van der Waals surface area (Å²) >= 11 is 0. The van der Waals surface area contributed by atoms with Crippen LogP contribution in [-0.2, 0) is 4.74 Å². The van der Waals surface area contributed by atoms with E-state index in [0.29, 0.717) is 5.92 Å². The van der Waals surface area contributed by atoms with E-state index >= 15 is 0 Å². The highest BCUT2D eigenvalue weighted by Crippen LogP contribution is 2.03. The van der Waals surface area contributed by atoms with Crippen LogP contribution in [-0.4, -0.2) is 13.7 Å². The number of ether oxygens (including phenoxy) is 1. The SMILES string of the molecule is C=C(CC)CCC.COCC(C)C. The largest absolute Gasteiger partial charge is 0.384 e. The van der Waals surface area contributed by atoms with Gasteiger partial charge in [-0.1, -0.05) is 46.3 Å². The average molecular weight is 186 g/mol. The Bertz CT molecular complexity index is 106. The quantitative estimate of drug-likeness (QED) is 0.589. The number of rotatable bonds is 5. The van der Waals surface area contributed by atoms with Crippen LogP contribution < -0.4 is 0 Å². The molecule has 80 valence electrons. The second-order valence-electron chi connectivity index (χ2n) is 3.70. The van der Waals surface area contributed by atoms with Crippen molar-refractivity contribution in [3.05, 3.63) is 12.2 Å². The van der Waals surface area contributed by atoms with E-state index in [0.717, 1.165) is 13.0 Å². The molecule has 0 aromatic rings. The third-order valence-electron chi connectivity index (χ3n) is 1.60. The van der Waals surface area contributed by atoms with E-state index in [4.69, 9.17) is 4.74 Å². The van der Waals surface area contributed by atoms with Crippen molar-refractivity contribution in [2.24, 2.45) is 5.92 Å². The first kappa shape index (κ1) is 15.2. The molecule has 1 heteroatoms.